The molecule has 1 aromatic carbocycles. The summed E-state index contributed by atoms with van der Waals surface area (Å²) in [6.45, 7) is 0.591. The van der Waals surface area contributed by atoms with Crippen LogP contribution in [0.1, 0.15) is 16.8 Å². The van der Waals surface area contributed by atoms with Crippen molar-refractivity contribution in [2.75, 3.05) is 32.8 Å². The Bertz CT molecular complexity index is 368. The van der Waals surface area contributed by atoms with Crippen LogP contribution in [0.15, 0.2) is 12.1 Å². The monoisotopic (exact) mass is 270 g/mol. The molecule has 0 N–H and O–H groups in total. The third-order valence-corrected chi connectivity index (χ3v) is 3.06. The first-order valence-corrected chi connectivity index (χ1v) is 6.99. The Labute approximate surface area is 112 Å². The SMILES string of the molecule is COc1cc(C=O)cc(OC)c1OCCCSC. The van der Waals surface area contributed by atoms with Crippen molar-refractivity contribution in [1.29, 1.82) is 0 Å². The van der Waals surface area contributed by atoms with Gasteiger partial charge in [0.15, 0.2) is 11.5 Å². The van der Waals surface area contributed by atoms with Crippen LogP contribution in [0.4, 0.5) is 0 Å². The van der Waals surface area contributed by atoms with Gasteiger partial charge < -0.3 is 14.2 Å². The third kappa shape index (κ3) is 3.84. The summed E-state index contributed by atoms with van der Waals surface area (Å²) >= 11 is 1.77. The lowest BCUT2D eigenvalue weighted by Gasteiger charge is -2.14. The minimum Gasteiger partial charge on any atom is -0.493 e. The number of hydrogen-bond acceptors (Lipinski definition) is 5. The Morgan fingerprint density at radius 3 is 2.28 bits per heavy atom. The molecular formula is C13H18O4S. The summed E-state index contributed by atoms with van der Waals surface area (Å²) < 4.78 is 16.1. The van der Waals surface area contributed by atoms with Gasteiger partial charge in [0.25, 0.3) is 0 Å². The molecular weight excluding hydrogens is 252 g/mol. The number of hydrogen-bond donors (Lipinski definition) is 0. The van der Waals surface area contributed by atoms with Crippen molar-refractivity contribution in [3.63, 3.8) is 0 Å². The van der Waals surface area contributed by atoms with E-state index in [2.05, 4.69) is 6.26 Å². The number of aldehydes is 1. The van der Waals surface area contributed by atoms with Gasteiger partial charge in [-0.25, -0.2) is 0 Å². The van der Waals surface area contributed by atoms with E-state index >= 15 is 0 Å². The van der Waals surface area contributed by atoms with Crippen LogP contribution >= 0.6 is 11.8 Å². The van der Waals surface area contributed by atoms with Gasteiger partial charge in [-0.3, -0.25) is 4.79 Å². The zero-order chi connectivity index (χ0) is 13.4. The third-order valence-electron chi connectivity index (χ3n) is 2.36. The van der Waals surface area contributed by atoms with Gasteiger partial charge in [-0.15, -0.1) is 0 Å². The topological polar surface area (TPSA) is 44.8 Å². The predicted molar refractivity (Wildman–Crippen MR) is 73.4 cm³/mol. The van der Waals surface area contributed by atoms with E-state index in [4.69, 9.17) is 14.2 Å². The highest BCUT2D eigenvalue weighted by atomic mass is 32.2. The molecule has 0 heterocycles. The molecule has 0 aliphatic rings. The number of methoxy groups -OCH3 is 2. The highest BCUT2D eigenvalue weighted by Crippen LogP contribution is 2.38. The van der Waals surface area contributed by atoms with Crippen molar-refractivity contribution >= 4 is 18.0 Å². The standard InChI is InChI=1S/C13H18O4S/c1-15-11-7-10(9-14)8-12(16-2)13(11)17-5-4-6-18-3/h7-9H,4-6H2,1-3H3. The number of benzene rings is 1. The van der Waals surface area contributed by atoms with Gasteiger partial charge in [0.2, 0.25) is 5.75 Å². The van der Waals surface area contributed by atoms with Crippen molar-refractivity contribution in [2.24, 2.45) is 0 Å². The van der Waals surface area contributed by atoms with Crippen molar-refractivity contribution in [3.8, 4) is 17.2 Å². The van der Waals surface area contributed by atoms with Gasteiger partial charge in [-0.1, -0.05) is 0 Å². The molecule has 0 amide bonds. The molecule has 0 saturated carbocycles. The molecule has 0 saturated heterocycles. The average molecular weight is 270 g/mol. The molecule has 100 valence electrons. The lowest BCUT2D eigenvalue weighted by molar-refractivity contribution is 0.112. The highest BCUT2D eigenvalue weighted by molar-refractivity contribution is 7.98. The second kappa shape index (κ2) is 7.87. The summed E-state index contributed by atoms with van der Waals surface area (Å²) in [5.41, 5.74) is 0.500. The quantitative estimate of drug-likeness (QED) is 0.537. The van der Waals surface area contributed by atoms with E-state index in [-0.39, 0.29) is 0 Å². The first-order chi connectivity index (χ1) is 8.76. The summed E-state index contributed by atoms with van der Waals surface area (Å²) in [5, 5.41) is 0. The molecule has 0 unspecified atom stereocenters. The minimum absolute atomic E-state index is 0.500. The molecule has 4 nitrogen and oxygen atoms in total. The van der Waals surface area contributed by atoms with E-state index < -0.39 is 0 Å². The van der Waals surface area contributed by atoms with Crippen LogP contribution in [0.3, 0.4) is 0 Å². The molecule has 5 heteroatoms. The van der Waals surface area contributed by atoms with Gasteiger partial charge in [0, 0.05) is 5.56 Å². The molecule has 0 bridgehead atoms. The second-order valence-electron chi connectivity index (χ2n) is 3.57. The van der Waals surface area contributed by atoms with Gasteiger partial charge in [0.1, 0.15) is 6.29 Å². The maximum atomic E-state index is 10.8. The molecule has 0 spiro atoms. The van der Waals surface area contributed by atoms with Gasteiger partial charge in [0.05, 0.1) is 20.8 Å². The van der Waals surface area contributed by atoms with Gasteiger partial charge >= 0.3 is 0 Å². The molecule has 0 aromatic heterocycles. The summed E-state index contributed by atoms with van der Waals surface area (Å²) in [4.78, 5) is 10.8. The predicted octanol–water partition coefficient (Wildman–Crippen LogP) is 2.65. The Morgan fingerprint density at radius 2 is 1.83 bits per heavy atom. The van der Waals surface area contributed by atoms with Gasteiger partial charge in [-0.2, -0.15) is 11.8 Å². The highest BCUT2D eigenvalue weighted by Gasteiger charge is 2.13. The normalized spacial score (nSPS) is 9.94. The number of thioether (sulfide) groups is 1. The van der Waals surface area contributed by atoms with Crippen LogP contribution in [0.5, 0.6) is 17.2 Å². The molecule has 0 aliphatic carbocycles. The first-order valence-electron chi connectivity index (χ1n) is 5.59. The Balaban J connectivity index is 2.89. The lowest BCUT2D eigenvalue weighted by atomic mass is 10.2. The Kier molecular flexibility index (Phi) is 6.43. The summed E-state index contributed by atoms with van der Waals surface area (Å²) in [5.74, 6) is 2.62. The van der Waals surface area contributed by atoms with Crippen LogP contribution in [0.2, 0.25) is 0 Å². The number of ether oxygens (including phenoxy) is 3. The van der Waals surface area contributed by atoms with Crippen molar-refractivity contribution < 1.29 is 19.0 Å². The fourth-order valence-electron chi connectivity index (χ4n) is 1.49. The van der Waals surface area contributed by atoms with Crippen LogP contribution < -0.4 is 14.2 Å². The smallest absolute Gasteiger partial charge is 0.203 e. The number of rotatable bonds is 8. The zero-order valence-corrected chi connectivity index (χ0v) is 11.7. The Hall–Kier alpha value is -1.36. The fourth-order valence-corrected chi connectivity index (χ4v) is 1.89. The molecule has 0 atom stereocenters. The van der Waals surface area contributed by atoms with Crippen LogP contribution in [-0.4, -0.2) is 39.1 Å². The summed E-state index contributed by atoms with van der Waals surface area (Å²) in [6.07, 6.45) is 3.76. The molecule has 1 rings (SSSR count). The second-order valence-corrected chi connectivity index (χ2v) is 4.55. The molecule has 1 aromatic rings. The fraction of sp³-hybridized carbons (Fsp3) is 0.462. The van der Waals surface area contributed by atoms with Crippen LogP contribution in [-0.2, 0) is 0 Å². The largest absolute Gasteiger partial charge is 0.493 e. The van der Waals surface area contributed by atoms with Crippen molar-refractivity contribution in [1.82, 2.24) is 0 Å². The van der Waals surface area contributed by atoms with Crippen LogP contribution in [0, 0.1) is 0 Å². The van der Waals surface area contributed by atoms with E-state index in [0.29, 0.717) is 29.4 Å². The zero-order valence-electron chi connectivity index (χ0n) is 10.9. The maximum absolute atomic E-state index is 10.8. The number of carbonyl (C=O) groups excluding carboxylic acids is 1. The summed E-state index contributed by atoms with van der Waals surface area (Å²) in [6, 6.07) is 3.28. The number of carbonyl (C=O) groups is 1. The minimum atomic E-state index is 0.500. The van der Waals surface area contributed by atoms with E-state index in [9.17, 15) is 4.79 Å². The average Bonchev–Trinajstić information content (AvgIpc) is 2.42. The maximum Gasteiger partial charge on any atom is 0.203 e. The Morgan fingerprint density at radius 1 is 1.22 bits per heavy atom. The van der Waals surface area contributed by atoms with E-state index in [1.54, 1.807) is 23.9 Å². The van der Waals surface area contributed by atoms with Crippen molar-refractivity contribution in [3.05, 3.63) is 17.7 Å². The van der Waals surface area contributed by atoms with Crippen LogP contribution in [0.25, 0.3) is 0 Å². The van der Waals surface area contributed by atoms with Gasteiger partial charge in [-0.05, 0) is 30.6 Å². The lowest BCUT2D eigenvalue weighted by Crippen LogP contribution is -2.03. The molecule has 18 heavy (non-hydrogen) atoms. The molecule has 0 radical (unpaired) electrons. The summed E-state index contributed by atoms with van der Waals surface area (Å²) in [7, 11) is 3.08. The first kappa shape index (κ1) is 14.7. The van der Waals surface area contributed by atoms with Crippen molar-refractivity contribution in [2.45, 2.75) is 6.42 Å². The van der Waals surface area contributed by atoms with E-state index in [1.165, 1.54) is 14.2 Å². The molecule has 0 aliphatic heterocycles. The molecule has 0 fully saturated rings. The van der Waals surface area contributed by atoms with E-state index in [1.807, 2.05) is 0 Å². The van der Waals surface area contributed by atoms with E-state index in [0.717, 1.165) is 18.5 Å².